The molecule has 2 nitrogen and oxygen atoms in total. The van der Waals surface area contributed by atoms with Crippen molar-refractivity contribution in [2.75, 3.05) is 0 Å². The SMILES string of the molecule is Cc1[nH]c2ccc3ccccc3c2[n+]1C. The van der Waals surface area contributed by atoms with Gasteiger partial charge in [-0.05, 0) is 23.6 Å². The molecule has 0 aliphatic heterocycles. The number of fused-ring (bicyclic) bond motifs is 3. The molecule has 3 rings (SSSR count). The first-order chi connectivity index (χ1) is 7.27. The van der Waals surface area contributed by atoms with Gasteiger partial charge in [0.1, 0.15) is 0 Å². The first-order valence-corrected chi connectivity index (χ1v) is 5.13. The van der Waals surface area contributed by atoms with E-state index in [9.17, 15) is 0 Å². The average Bonchev–Trinajstić information content (AvgIpc) is 2.55. The number of aromatic amines is 1. The van der Waals surface area contributed by atoms with Gasteiger partial charge >= 0.3 is 0 Å². The van der Waals surface area contributed by atoms with E-state index in [-0.39, 0.29) is 0 Å². The monoisotopic (exact) mass is 197 g/mol. The summed E-state index contributed by atoms with van der Waals surface area (Å²) in [6.07, 6.45) is 0. The maximum atomic E-state index is 3.38. The van der Waals surface area contributed by atoms with E-state index in [1.807, 2.05) is 0 Å². The van der Waals surface area contributed by atoms with Crippen molar-refractivity contribution in [2.24, 2.45) is 7.05 Å². The van der Waals surface area contributed by atoms with Gasteiger partial charge in [-0.25, -0.2) is 9.55 Å². The number of hydrogen-bond acceptors (Lipinski definition) is 0. The van der Waals surface area contributed by atoms with Crippen LogP contribution < -0.4 is 4.57 Å². The molecule has 1 heterocycles. The van der Waals surface area contributed by atoms with Gasteiger partial charge in [0.15, 0.2) is 11.0 Å². The fourth-order valence-corrected chi connectivity index (χ4v) is 2.16. The molecule has 2 heteroatoms. The number of imidazole rings is 1. The van der Waals surface area contributed by atoms with Gasteiger partial charge in [0, 0.05) is 12.3 Å². The lowest BCUT2D eigenvalue weighted by Gasteiger charge is -1.96. The summed E-state index contributed by atoms with van der Waals surface area (Å²) in [7, 11) is 2.10. The smallest absolute Gasteiger partial charge is 0.241 e. The number of benzene rings is 2. The second kappa shape index (κ2) is 2.83. The maximum Gasteiger partial charge on any atom is 0.251 e. The highest BCUT2D eigenvalue weighted by atomic mass is 15.0. The third-order valence-corrected chi connectivity index (χ3v) is 3.05. The predicted octanol–water partition coefficient (Wildman–Crippen LogP) is 2.45. The summed E-state index contributed by atoms with van der Waals surface area (Å²) in [5.74, 6) is 1.18. The molecule has 0 saturated heterocycles. The molecule has 0 bridgehead atoms. The van der Waals surface area contributed by atoms with Gasteiger partial charge in [-0.2, -0.15) is 0 Å². The molecule has 0 amide bonds. The van der Waals surface area contributed by atoms with E-state index in [2.05, 4.69) is 59.9 Å². The molecule has 0 aliphatic carbocycles. The number of rotatable bonds is 0. The zero-order chi connectivity index (χ0) is 10.4. The zero-order valence-corrected chi connectivity index (χ0v) is 8.91. The van der Waals surface area contributed by atoms with Crippen molar-refractivity contribution in [3.8, 4) is 0 Å². The van der Waals surface area contributed by atoms with E-state index >= 15 is 0 Å². The van der Waals surface area contributed by atoms with Gasteiger partial charge in [0.2, 0.25) is 0 Å². The molecule has 0 atom stereocenters. The van der Waals surface area contributed by atoms with Crippen LogP contribution in [-0.2, 0) is 7.05 Å². The van der Waals surface area contributed by atoms with Crippen LogP contribution in [0.1, 0.15) is 5.82 Å². The third-order valence-electron chi connectivity index (χ3n) is 3.05. The molecule has 15 heavy (non-hydrogen) atoms. The van der Waals surface area contributed by atoms with Crippen LogP contribution in [0.2, 0.25) is 0 Å². The molecule has 1 aromatic heterocycles. The Hall–Kier alpha value is -1.83. The summed E-state index contributed by atoms with van der Waals surface area (Å²) in [6.45, 7) is 2.09. The van der Waals surface area contributed by atoms with Crippen LogP contribution in [0.25, 0.3) is 21.8 Å². The van der Waals surface area contributed by atoms with Crippen LogP contribution in [0, 0.1) is 6.92 Å². The van der Waals surface area contributed by atoms with Crippen LogP contribution in [0.4, 0.5) is 0 Å². The molecule has 1 N–H and O–H groups in total. The van der Waals surface area contributed by atoms with Crippen molar-refractivity contribution in [2.45, 2.75) is 6.92 Å². The number of hydrogen-bond donors (Lipinski definition) is 1. The molecular weight excluding hydrogens is 184 g/mol. The van der Waals surface area contributed by atoms with E-state index < -0.39 is 0 Å². The Bertz CT molecular complexity index is 650. The zero-order valence-electron chi connectivity index (χ0n) is 8.91. The van der Waals surface area contributed by atoms with Crippen molar-refractivity contribution in [3.63, 3.8) is 0 Å². The van der Waals surface area contributed by atoms with Gasteiger partial charge < -0.3 is 0 Å². The summed E-state index contributed by atoms with van der Waals surface area (Å²) in [5.41, 5.74) is 2.49. The number of nitrogens with zero attached hydrogens (tertiary/aromatic N) is 1. The first kappa shape index (κ1) is 8.48. The lowest BCUT2D eigenvalue weighted by Crippen LogP contribution is -2.29. The normalized spacial score (nSPS) is 11.3. The van der Waals surface area contributed by atoms with Crippen LogP contribution in [0.15, 0.2) is 36.4 Å². The lowest BCUT2D eigenvalue weighted by atomic mass is 10.1. The predicted molar refractivity (Wildman–Crippen MR) is 61.7 cm³/mol. The van der Waals surface area contributed by atoms with Crippen LogP contribution in [0.5, 0.6) is 0 Å². The van der Waals surface area contributed by atoms with Crippen LogP contribution in [0.3, 0.4) is 0 Å². The summed E-state index contributed by atoms with van der Waals surface area (Å²) < 4.78 is 2.21. The van der Waals surface area contributed by atoms with Crippen molar-refractivity contribution in [1.29, 1.82) is 0 Å². The average molecular weight is 197 g/mol. The minimum Gasteiger partial charge on any atom is -0.241 e. The molecule has 0 spiro atoms. The maximum absolute atomic E-state index is 3.38. The molecule has 0 radical (unpaired) electrons. The summed E-state index contributed by atoms with van der Waals surface area (Å²) >= 11 is 0. The Morgan fingerprint density at radius 3 is 2.73 bits per heavy atom. The van der Waals surface area contributed by atoms with Gasteiger partial charge in [0.05, 0.1) is 7.05 Å². The topological polar surface area (TPSA) is 19.7 Å². The fourth-order valence-electron chi connectivity index (χ4n) is 2.16. The molecule has 0 unspecified atom stereocenters. The van der Waals surface area contributed by atoms with E-state index in [4.69, 9.17) is 0 Å². The molecule has 3 aromatic rings. The van der Waals surface area contributed by atoms with E-state index in [0.717, 1.165) is 0 Å². The lowest BCUT2D eigenvalue weighted by molar-refractivity contribution is -0.650. The van der Waals surface area contributed by atoms with E-state index in [1.54, 1.807) is 0 Å². The highest BCUT2D eigenvalue weighted by molar-refractivity contribution is 6.02. The molecular formula is C13H13N2+. The van der Waals surface area contributed by atoms with Crippen molar-refractivity contribution >= 4 is 21.8 Å². The highest BCUT2D eigenvalue weighted by Crippen LogP contribution is 2.21. The van der Waals surface area contributed by atoms with Crippen molar-refractivity contribution < 1.29 is 4.57 Å². The van der Waals surface area contributed by atoms with Crippen molar-refractivity contribution in [1.82, 2.24) is 4.98 Å². The molecule has 74 valence electrons. The van der Waals surface area contributed by atoms with E-state index in [1.165, 1.54) is 27.6 Å². The Morgan fingerprint density at radius 1 is 1.07 bits per heavy atom. The Labute approximate surface area is 88.2 Å². The van der Waals surface area contributed by atoms with Crippen LogP contribution >= 0.6 is 0 Å². The molecule has 0 fully saturated rings. The second-order valence-corrected chi connectivity index (χ2v) is 3.95. The minimum absolute atomic E-state index is 1.18. The minimum atomic E-state index is 1.18. The van der Waals surface area contributed by atoms with Gasteiger partial charge in [0.25, 0.3) is 5.82 Å². The first-order valence-electron chi connectivity index (χ1n) is 5.13. The standard InChI is InChI=1S/C13H12N2/c1-9-14-12-8-7-10-5-3-4-6-11(10)13(12)15(9)2/h3-8H,1-2H3/p+1. The number of H-pyrrole nitrogens is 1. The van der Waals surface area contributed by atoms with Crippen LogP contribution in [-0.4, -0.2) is 4.98 Å². The molecule has 0 saturated carbocycles. The Balaban J connectivity index is 2.63. The Morgan fingerprint density at radius 2 is 1.87 bits per heavy atom. The third kappa shape index (κ3) is 1.08. The summed E-state index contributed by atoms with van der Waals surface area (Å²) in [4.78, 5) is 3.38. The number of nitrogens with one attached hydrogen (secondary N) is 1. The number of aryl methyl sites for hydroxylation is 2. The Kier molecular flexibility index (Phi) is 1.60. The second-order valence-electron chi connectivity index (χ2n) is 3.95. The summed E-state index contributed by atoms with van der Waals surface area (Å²) in [5, 5.41) is 2.60. The number of aromatic nitrogens is 2. The molecule has 0 aliphatic rings. The fraction of sp³-hybridized carbons (Fsp3) is 0.154. The van der Waals surface area contributed by atoms with Gasteiger partial charge in [-0.15, -0.1) is 0 Å². The van der Waals surface area contributed by atoms with E-state index in [0.29, 0.717) is 0 Å². The van der Waals surface area contributed by atoms with Gasteiger partial charge in [-0.1, -0.05) is 18.2 Å². The summed E-state index contributed by atoms with van der Waals surface area (Å²) in [6, 6.07) is 12.8. The molecule has 2 aromatic carbocycles. The largest absolute Gasteiger partial charge is 0.251 e. The highest BCUT2D eigenvalue weighted by Gasteiger charge is 2.13. The quantitative estimate of drug-likeness (QED) is 0.534. The van der Waals surface area contributed by atoms with Gasteiger partial charge in [-0.3, -0.25) is 0 Å². The van der Waals surface area contributed by atoms with Crippen molar-refractivity contribution in [3.05, 3.63) is 42.2 Å².